The molecule has 5 nitrogen and oxygen atoms in total. The van der Waals surface area contributed by atoms with Crippen LogP contribution in [-0.4, -0.2) is 20.5 Å². The van der Waals surface area contributed by atoms with Crippen LogP contribution in [0.2, 0.25) is 5.02 Å². The fourth-order valence-electron chi connectivity index (χ4n) is 2.77. The minimum Gasteiger partial charge on any atom is -0.343 e. The number of benzene rings is 1. The highest BCUT2D eigenvalue weighted by Gasteiger charge is 2.14. The average molecular weight is 383 g/mol. The quantitative estimate of drug-likeness (QED) is 0.529. The van der Waals surface area contributed by atoms with Crippen LogP contribution >= 0.6 is 22.9 Å². The van der Waals surface area contributed by atoms with Crippen LogP contribution in [0.4, 0.5) is 0 Å². The Bertz CT molecular complexity index is 1130. The Morgan fingerprint density at radius 1 is 1.23 bits per heavy atom. The number of nitrogens with one attached hydrogen (secondary N) is 1. The maximum atomic E-state index is 12.3. The van der Waals surface area contributed by atoms with Gasteiger partial charge >= 0.3 is 0 Å². The summed E-state index contributed by atoms with van der Waals surface area (Å²) < 4.78 is 2.96. The number of aromatic nitrogens is 3. The highest BCUT2D eigenvalue weighted by molar-refractivity contribution is 7.20. The van der Waals surface area contributed by atoms with Crippen molar-refractivity contribution in [2.75, 3.05) is 0 Å². The van der Waals surface area contributed by atoms with Gasteiger partial charge in [0.2, 0.25) is 5.91 Å². The van der Waals surface area contributed by atoms with Crippen LogP contribution < -0.4 is 5.32 Å². The van der Waals surface area contributed by atoms with Crippen LogP contribution in [0.1, 0.15) is 23.7 Å². The van der Waals surface area contributed by atoms with E-state index in [9.17, 15) is 4.79 Å². The van der Waals surface area contributed by atoms with E-state index in [2.05, 4.69) is 15.5 Å². The average Bonchev–Trinajstić information content (AvgIpc) is 3.22. The molecule has 1 unspecified atom stereocenters. The lowest BCUT2D eigenvalue weighted by molar-refractivity contribution is -0.117. The molecule has 4 rings (SSSR count). The Hall–Kier alpha value is -2.70. The van der Waals surface area contributed by atoms with Crippen molar-refractivity contribution in [3.63, 3.8) is 0 Å². The lowest BCUT2D eigenvalue weighted by atomic mass is 10.2. The molecule has 4 aromatic rings. The SMILES string of the molecule is CC(NC(=O)/C=C/c1sc2ccccc2c1Cl)c1nnc2ccccn12. The Morgan fingerprint density at radius 2 is 2.04 bits per heavy atom. The van der Waals surface area contributed by atoms with Crippen molar-refractivity contribution in [2.45, 2.75) is 13.0 Å². The lowest BCUT2D eigenvalue weighted by Crippen LogP contribution is -2.26. The first-order chi connectivity index (χ1) is 12.6. The Morgan fingerprint density at radius 3 is 2.88 bits per heavy atom. The van der Waals surface area contributed by atoms with Crippen LogP contribution in [0.15, 0.2) is 54.7 Å². The van der Waals surface area contributed by atoms with Gasteiger partial charge < -0.3 is 5.32 Å². The van der Waals surface area contributed by atoms with Gasteiger partial charge in [-0.25, -0.2) is 0 Å². The van der Waals surface area contributed by atoms with Crippen molar-refractivity contribution < 1.29 is 4.79 Å². The summed E-state index contributed by atoms with van der Waals surface area (Å²) in [4.78, 5) is 13.2. The Balaban J connectivity index is 1.51. The Kier molecular flexibility index (Phi) is 4.44. The van der Waals surface area contributed by atoms with E-state index in [4.69, 9.17) is 11.6 Å². The molecule has 1 aromatic carbocycles. The molecule has 0 fully saturated rings. The molecule has 130 valence electrons. The third-order valence-electron chi connectivity index (χ3n) is 4.03. The number of amides is 1. The van der Waals surface area contributed by atoms with Gasteiger partial charge in [0.25, 0.3) is 0 Å². The second-order valence-electron chi connectivity index (χ2n) is 5.83. The van der Waals surface area contributed by atoms with Gasteiger partial charge in [-0.3, -0.25) is 9.20 Å². The molecule has 0 radical (unpaired) electrons. The first-order valence-corrected chi connectivity index (χ1v) is 9.28. The van der Waals surface area contributed by atoms with Gasteiger partial charge in [-0.2, -0.15) is 0 Å². The number of carbonyl (C=O) groups is 1. The summed E-state index contributed by atoms with van der Waals surface area (Å²) in [6.07, 6.45) is 5.12. The second-order valence-corrected chi connectivity index (χ2v) is 7.29. The Labute approximate surface area is 158 Å². The number of hydrogen-bond acceptors (Lipinski definition) is 4. The topological polar surface area (TPSA) is 59.3 Å². The molecule has 0 saturated heterocycles. The van der Waals surface area contributed by atoms with E-state index in [1.807, 2.05) is 60.0 Å². The summed E-state index contributed by atoms with van der Waals surface area (Å²) in [5, 5.41) is 12.9. The normalized spacial score (nSPS) is 12.8. The second kappa shape index (κ2) is 6.90. The van der Waals surface area contributed by atoms with Gasteiger partial charge in [0, 0.05) is 27.2 Å². The first-order valence-electron chi connectivity index (χ1n) is 8.09. The van der Waals surface area contributed by atoms with E-state index in [1.54, 1.807) is 17.4 Å². The van der Waals surface area contributed by atoms with E-state index in [0.717, 1.165) is 20.6 Å². The van der Waals surface area contributed by atoms with E-state index < -0.39 is 0 Å². The largest absolute Gasteiger partial charge is 0.343 e. The van der Waals surface area contributed by atoms with Gasteiger partial charge in [-0.1, -0.05) is 35.9 Å². The summed E-state index contributed by atoms with van der Waals surface area (Å²) >= 11 is 7.96. The number of rotatable bonds is 4. The molecule has 0 aliphatic heterocycles. The van der Waals surface area contributed by atoms with Gasteiger partial charge in [0.15, 0.2) is 11.5 Å². The summed E-state index contributed by atoms with van der Waals surface area (Å²) in [6, 6.07) is 13.3. The number of fused-ring (bicyclic) bond motifs is 2. The number of hydrogen-bond donors (Lipinski definition) is 1. The molecule has 7 heteroatoms. The molecule has 0 bridgehead atoms. The summed E-state index contributed by atoms with van der Waals surface area (Å²) in [5.41, 5.74) is 0.746. The van der Waals surface area contributed by atoms with E-state index in [0.29, 0.717) is 10.8 Å². The molecule has 1 N–H and O–H groups in total. The molecule has 0 saturated carbocycles. The maximum Gasteiger partial charge on any atom is 0.244 e. The highest BCUT2D eigenvalue weighted by Crippen LogP contribution is 2.35. The molecule has 0 aliphatic rings. The molecular weight excluding hydrogens is 368 g/mol. The zero-order chi connectivity index (χ0) is 18.1. The minimum absolute atomic E-state index is 0.210. The lowest BCUT2D eigenvalue weighted by Gasteiger charge is -2.10. The van der Waals surface area contributed by atoms with Crippen molar-refractivity contribution in [3.05, 3.63) is 70.5 Å². The molecule has 3 heterocycles. The van der Waals surface area contributed by atoms with Crippen LogP contribution in [0, 0.1) is 0 Å². The van der Waals surface area contributed by atoms with E-state index >= 15 is 0 Å². The number of halogens is 1. The van der Waals surface area contributed by atoms with Gasteiger partial charge in [-0.15, -0.1) is 21.5 Å². The van der Waals surface area contributed by atoms with Gasteiger partial charge in [0.05, 0.1) is 11.1 Å². The highest BCUT2D eigenvalue weighted by atomic mass is 35.5. The number of carbonyl (C=O) groups excluding carboxylic acids is 1. The van der Waals surface area contributed by atoms with Crippen molar-refractivity contribution in [1.82, 2.24) is 19.9 Å². The molecule has 3 aromatic heterocycles. The smallest absolute Gasteiger partial charge is 0.244 e. The van der Waals surface area contributed by atoms with Crippen LogP contribution in [0.3, 0.4) is 0 Å². The van der Waals surface area contributed by atoms with Crippen LogP contribution in [0.5, 0.6) is 0 Å². The number of thiophene rings is 1. The third kappa shape index (κ3) is 3.09. The molecular formula is C19H15ClN4OS. The zero-order valence-electron chi connectivity index (χ0n) is 13.9. The van der Waals surface area contributed by atoms with Crippen molar-refractivity contribution >= 4 is 50.7 Å². The van der Waals surface area contributed by atoms with Crippen molar-refractivity contribution in [2.24, 2.45) is 0 Å². The van der Waals surface area contributed by atoms with Crippen LogP contribution in [0.25, 0.3) is 21.8 Å². The molecule has 1 atom stereocenters. The van der Waals surface area contributed by atoms with Crippen molar-refractivity contribution in [1.29, 1.82) is 0 Å². The molecule has 0 aliphatic carbocycles. The predicted molar refractivity (Wildman–Crippen MR) is 105 cm³/mol. The third-order valence-corrected chi connectivity index (χ3v) is 5.69. The van der Waals surface area contributed by atoms with Crippen LogP contribution in [-0.2, 0) is 4.79 Å². The monoisotopic (exact) mass is 382 g/mol. The van der Waals surface area contributed by atoms with E-state index in [1.165, 1.54) is 6.08 Å². The fraction of sp³-hybridized carbons (Fsp3) is 0.105. The van der Waals surface area contributed by atoms with Crippen molar-refractivity contribution in [3.8, 4) is 0 Å². The maximum absolute atomic E-state index is 12.3. The molecule has 26 heavy (non-hydrogen) atoms. The predicted octanol–water partition coefficient (Wildman–Crippen LogP) is 4.49. The number of pyridine rings is 1. The van der Waals surface area contributed by atoms with E-state index in [-0.39, 0.29) is 11.9 Å². The summed E-state index contributed by atoms with van der Waals surface area (Å²) in [5.74, 6) is 0.473. The zero-order valence-corrected chi connectivity index (χ0v) is 15.5. The number of nitrogens with zero attached hydrogens (tertiary/aromatic N) is 3. The minimum atomic E-state index is -0.276. The van der Waals surface area contributed by atoms with Gasteiger partial charge in [-0.05, 0) is 31.2 Å². The first kappa shape index (κ1) is 16.8. The summed E-state index contributed by atoms with van der Waals surface area (Å²) in [6.45, 7) is 1.88. The molecule has 0 spiro atoms. The van der Waals surface area contributed by atoms with Gasteiger partial charge in [0.1, 0.15) is 0 Å². The standard InChI is InChI=1S/C19H15ClN4OS/c1-12(19-23-22-16-8-4-5-11-24(16)19)21-17(25)10-9-15-18(20)13-6-2-3-7-14(13)26-15/h2-12H,1H3,(H,21,25)/b10-9+. The fourth-order valence-corrected chi connectivity index (χ4v) is 4.17. The molecule has 1 amide bonds. The summed E-state index contributed by atoms with van der Waals surface area (Å²) in [7, 11) is 0.